The number of nitrogens with one attached hydrogen (secondary N) is 2. The third-order valence-electron chi connectivity index (χ3n) is 3.02. The maximum absolute atomic E-state index is 5.42. The van der Waals surface area contributed by atoms with Crippen LogP contribution >= 0.6 is 0 Å². The molecule has 1 aromatic heterocycles. The molecule has 0 radical (unpaired) electrons. The molecular weight excluding hydrogens is 240 g/mol. The van der Waals surface area contributed by atoms with Crippen LogP contribution in [0.5, 0.6) is 0 Å². The van der Waals surface area contributed by atoms with Gasteiger partial charge >= 0.3 is 0 Å². The van der Waals surface area contributed by atoms with Gasteiger partial charge in [0.05, 0.1) is 5.60 Å². The van der Waals surface area contributed by atoms with Crippen LogP contribution in [0.25, 0.3) is 0 Å². The van der Waals surface area contributed by atoms with Gasteiger partial charge in [0.1, 0.15) is 18.0 Å². The maximum atomic E-state index is 5.42. The Hall–Kier alpha value is -1.36. The second kappa shape index (κ2) is 7.28. The van der Waals surface area contributed by atoms with E-state index in [0.29, 0.717) is 6.54 Å². The lowest BCUT2D eigenvalue weighted by Crippen LogP contribution is -2.32. The Balaban J connectivity index is 2.89. The number of hydrogen-bond donors (Lipinski definition) is 2. The number of anilines is 2. The van der Waals surface area contributed by atoms with Gasteiger partial charge in [-0.1, -0.05) is 13.3 Å². The van der Waals surface area contributed by atoms with Crippen LogP contribution in [0.3, 0.4) is 0 Å². The highest BCUT2D eigenvalue weighted by Gasteiger charge is 2.18. The van der Waals surface area contributed by atoms with E-state index in [1.165, 1.54) is 0 Å². The number of methoxy groups -OCH3 is 1. The number of ether oxygens (including phenoxy) is 1. The van der Waals surface area contributed by atoms with Gasteiger partial charge in [-0.05, 0) is 27.2 Å². The summed E-state index contributed by atoms with van der Waals surface area (Å²) in [6, 6.07) is 0. The van der Waals surface area contributed by atoms with Crippen molar-refractivity contribution in [2.45, 2.75) is 46.1 Å². The van der Waals surface area contributed by atoms with Crippen molar-refractivity contribution in [2.24, 2.45) is 0 Å². The van der Waals surface area contributed by atoms with Crippen LogP contribution in [0.4, 0.5) is 11.6 Å². The van der Waals surface area contributed by atoms with Crippen LogP contribution in [-0.4, -0.2) is 35.8 Å². The van der Waals surface area contributed by atoms with E-state index in [9.17, 15) is 0 Å². The molecule has 0 aromatic carbocycles. The van der Waals surface area contributed by atoms with Gasteiger partial charge in [0.15, 0.2) is 0 Å². The lowest BCUT2D eigenvalue weighted by Gasteiger charge is -2.24. The molecule has 19 heavy (non-hydrogen) atoms. The second-order valence-corrected chi connectivity index (χ2v) is 5.15. The first-order valence-electron chi connectivity index (χ1n) is 6.90. The van der Waals surface area contributed by atoms with Crippen molar-refractivity contribution >= 4 is 11.6 Å². The Morgan fingerprint density at radius 1 is 1.16 bits per heavy atom. The van der Waals surface area contributed by atoms with Gasteiger partial charge in [-0.15, -0.1) is 0 Å². The first-order valence-corrected chi connectivity index (χ1v) is 6.90. The molecule has 0 saturated heterocycles. The summed E-state index contributed by atoms with van der Waals surface area (Å²) in [6.45, 7) is 9.89. The average molecular weight is 266 g/mol. The lowest BCUT2D eigenvalue weighted by molar-refractivity contribution is 0.0343. The fourth-order valence-electron chi connectivity index (χ4n) is 1.74. The summed E-state index contributed by atoms with van der Waals surface area (Å²) in [6.07, 6.45) is 3.62. The summed E-state index contributed by atoms with van der Waals surface area (Å²) in [5.41, 5.74) is 0.936. The summed E-state index contributed by atoms with van der Waals surface area (Å²) in [7, 11) is 1.72. The number of nitrogens with zero attached hydrogens (tertiary/aromatic N) is 2. The van der Waals surface area contributed by atoms with E-state index in [2.05, 4.69) is 34.4 Å². The normalized spacial score (nSPS) is 11.4. The molecule has 0 saturated carbocycles. The van der Waals surface area contributed by atoms with E-state index < -0.39 is 0 Å². The number of aromatic nitrogens is 2. The van der Waals surface area contributed by atoms with Crippen molar-refractivity contribution in [3.05, 3.63) is 11.9 Å². The molecule has 0 aliphatic carbocycles. The summed E-state index contributed by atoms with van der Waals surface area (Å²) < 4.78 is 5.42. The first-order chi connectivity index (χ1) is 9.04. The Morgan fingerprint density at radius 2 is 1.79 bits per heavy atom. The van der Waals surface area contributed by atoms with Gasteiger partial charge in [-0.3, -0.25) is 0 Å². The van der Waals surface area contributed by atoms with Crippen molar-refractivity contribution in [1.29, 1.82) is 0 Å². The monoisotopic (exact) mass is 266 g/mol. The Bertz CT molecular complexity index is 393. The molecule has 5 nitrogen and oxygen atoms in total. The zero-order valence-electron chi connectivity index (χ0n) is 12.7. The zero-order chi connectivity index (χ0) is 14.3. The largest absolute Gasteiger partial charge is 0.377 e. The minimum atomic E-state index is -0.215. The quantitative estimate of drug-likeness (QED) is 0.757. The van der Waals surface area contributed by atoms with E-state index in [1.54, 1.807) is 13.4 Å². The van der Waals surface area contributed by atoms with Crippen molar-refractivity contribution in [3.8, 4) is 0 Å². The predicted molar refractivity (Wildman–Crippen MR) is 79.8 cm³/mol. The molecule has 0 fully saturated rings. The van der Waals surface area contributed by atoms with Crippen molar-refractivity contribution in [1.82, 2.24) is 9.97 Å². The van der Waals surface area contributed by atoms with Crippen molar-refractivity contribution in [3.63, 3.8) is 0 Å². The molecule has 1 heterocycles. The van der Waals surface area contributed by atoms with Gasteiger partial charge < -0.3 is 15.4 Å². The summed E-state index contributed by atoms with van der Waals surface area (Å²) in [5, 5.41) is 6.66. The summed E-state index contributed by atoms with van der Waals surface area (Å²) >= 11 is 0. The van der Waals surface area contributed by atoms with E-state index in [1.807, 2.05) is 13.8 Å². The van der Waals surface area contributed by atoms with Gasteiger partial charge in [0.2, 0.25) is 0 Å². The van der Waals surface area contributed by atoms with Crippen LogP contribution in [0, 0.1) is 0 Å². The van der Waals surface area contributed by atoms with Gasteiger partial charge in [-0.25, -0.2) is 9.97 Å². The average Bonchev–Trinajstić information content (AvgIpc) is 2.40. The molecule has 0 spiro atoms. The van der Waals surface area contributed by atoms with Crippen molar-refractivity contribution in [2.75, 3.05) is 30.8 Å². The molecule has 0 aliphatic heterocycles. The maximum Gasteiger partial charge on any atom is 0.134 e. The molecule has 0 unspecified atom stereocenters. The standard InChI is InChI=1S/C14H26N4O/c1-6-8-11-12(15-7-2)17-10-18-13(11)16-9-14(3,4)19-5/h10H,6-9H2,1-5H3,(H2,15,16,17,18). The fraction of sp³-hybridized carbons (Fsp3) is 0.714. The first kappa shape index (κ1) is 15.7. The Kier molecular flexibility index (Phi) is 6.02. The minimum absolute atomic E-state index is 0.215. The molecule has 0 amide bonds. The third kappa shape index (κ3) is 4.67. The van der Waals surface area contributed by atoms with Crippen LogP contribution in [0.2, 0.25) is 0 Å². The predicted octanol–water partition coefficient (Wildman–Crippen LogP) is 2.70. The summed E-state index contributed by atoms with van der Waals surface area (Å²) in [4.78, 5) is 8.68. The van der Waals surface area contributed by atoms with Crippen LogP contribution in [-0.2, 0) is 11.2 Å². The summed E-state index contributed by atoms with van der Waals surface area (Å²) in [5.74, 6) is 1.83. The van der Waals surface area contributed by atoms with E-state index >= 15 is 0 Å². The number of hydrogen-bond acceptors (Lipinski definition) is 5. The number of rotatable bonds is 8. The van der Waals surface area contributed by atoms with Crippen LogP contribution in [0.15, 0.2) is 6.33 Å². The highest BCUT2D eigenvalue weighted by molar-refractivity contribution is 5.57. The second-order valence-electron chi connectivity index (χ2n) is 5.15. The van der Waals surface area contributed by atoms with Gasteiger partial charge in [0, 0.05) is 25.8 Å². The van der Waals surface area contributed by atoms with Crippen LogP contribution in [0.1, 0.15) is 39.7 Å². The molecule has 1 rings (SSSR count). The molecule has 5 heteroatoms. The van der Waals surface area contributed by atoms with Crippen LogP contribution < -0.4 is 10.6 Å². The lowest BCUT2D eigenvalue weighted by atomic mass is 10.1. The molecule has 0 atom stereocenters. The highest BCUT2D eigenvalue weighted by Crippen LogP contribution is 2.22. The zero-order valence-corrected chi connectivity index (χ0v) is 12.7. The van der Waals surface area contributed by atoms with Crippen molar-refractivity contribution < 1.29 is 4.74 Å². The molecule has 0 bridgehead atoms. The van der Waals surface area contributed by atoms with E-state index in [0.717, 1.165) is 36.6 Å². The minimum Gasteiger partial charge on any atom is -0.377 e. The Labute approximate surface area is 116 Å². The molecule has 108 valence electrons. The van der Waals surface area contributed by atoms with Gasteiger partial charge in [0.25, 0.3) is 0 Å². The topological polar surface area (TPSA) is 59.1 Å². The van der Waals surface area contributed by atoms with E-state index in [4.69, 9.17) is 4.74 Å². The molecule has 2 N–H and O–H groups in total. The molecule has 0 aliphatic rings. The molecular formula is C14H26N4O. The smallest absolute Gasteiger partial charge is 0.134 e. The molecule has 1 aromatic rings. The third-order valence-corrected chi connectivity index (χ3v) is 3.02. The fourth-order valence-corrected chi connectivity index (χ4v) is 1.74. The highest BCUT2D eigenvalue weighted by atomic mass is 16.5. The van der Waals surface area contributed by atoms with Gasteiger partial charge in [-0.2, -0.15) is 0 Å². The Morgan fingerprint density at radius 3 is 2.32 bits per heavy atom. The van der Waals surface area contributed by atoms with E-state index in [-0.39, 0.29) is 5.60 Å². The SMILES string of the molecule is CCCc1c(NCC)ncnc1NCC(C)(C)OC.